The molecule has 1 heterocycles. The summed E-state index contributed by atoms with van der Waals surface area (Å²) in [5.41, 5.74) is 4.20. The normalized spacial score (nSPS) is 20.0. The summed E-state index contributed by atoms with van der Waals surface area (Å²) in [6.45, 7) is 7.64. The van der Waals surface area contributed by atoms with Gasteiger partial charge < -0.3 is 50.8 Å². The predicted octanol–water partition coefficient (Wildman–Crippen LogP) is 5.95. The second kappa shape index (κ2) is 36.7. The molecule has 0 aromatic carbocycles. The minimum Gasteiger partial charge on any atom is -0.469 e. The maximum Gasteiger partial charge on any atom is 0.306 e. The van der Waals surface area contributed by atoms with Crippen molar-refractivity contribution in [2.75, 3.05) is 13.7 Å². The van der Waals surface area contributed by atoms with E-state index in [1.807, 2.05) is 0 Å². The van der Waals surface area contributed by atoms with Crippen LogP contribution in [0.25, 0.3) is 0 Å². The summed E-state index contributed by atoms with van der Waals surface area (Å²) in [5, 5.41) is 28.6. The number of nitrogens with two attached hydrogens (primary N) is 1. The minimum atomic E-state index is -1.57. The van der Waals surface area contributed by atoms with Gasteiger partial charge in [-0.15, -0.1) is 0 Å². The Morgan fingerprint density at radius 3 is 1.74 bits per heavy atom. The lowest BCUT2D eigenvalue weighted by Crippen LogP contribution is -2.65. The Bertz CT molecular complexity index is 1420. The highest BCUT2D eigenvalue weighted by Gasteiger charge is 2.48. The van der Waals surface area contributed by atoms with Crippen LogP contribution in [0, 0.1) is 0 Å². The Hall–Kier alpha value is -3.32. The summed E-state index contributed by atoms with van der Waals surface area (Å²) in [5.74, 6) is -3.99. The molecule has 1 aliphatic heterocycles. The highest BCUT2D eigenvalue weighted by Crippen LogP contribution is 2.33. The molecule has 1 rings (SSSR count). The van der Waals surface area contributed by atoms with Crippen molar-refractivity contribution < 1.29 is 62.7 Å². The molecule has 66 heavy (non-hydrogen) atoms. The number of primary amides is 1. The number of aliphatic hydroxyl groups is 2. The topological polar surface area (TPSA) is 259 Å². The molecule has 4 amide bonds. The Labute approximate surface area is 398 Å². The predicted molar refractivity (Wildman–Crippen MR) is 254 cm³/mol. The van der Waals surface area contributed by atoms with Crippen LogP contribution in [0.1, 0.15) is 195 Å². The molecule has 18 heteroatoms. The molecular formula is C48H86N4O13S. The number of amides is 4. The fraction of sp³-hybridized carbons (Fsp3) is 0.854. The van der Waals surface area contributed by atoms with E-state index in [0.717, 1.165) is 56.7 Å². The standard InChI is InChI=1S/C48H86N4O13S/c1-7-9-11-13-15-17-18-20-22-24-26-28-40(56)64-36(27-25-23-21-19-16-14-12-10-8-2)31-41(57)66-48-42(51-35(5)54)44(43(58)38(32-53)65-48)63-34(4)47(61)50-33(3)46(60)52-37(45(49)59)29-30-39(55)62-6/h33-34,36-38,42-44,48,53,58H,7-32H2,1-6H3,(H2,49,59)(H,50,61)(H,51,54)(H,52,60)/t33-,34+,36-,37+,38+,42+,43+,44+,48-/m0/s1. The van der Waals surface area contributed by atoms with Gasteiger partial charge in [-0.1, -0.05) is 141 Å². The minimum absolute atomic E-state index is 0.127. The molecule has 382 valence electrons. The van der Waals surface area contributed by atoms with Gasteiger partial charge in [0.15, 0.2) is 5.12 Å². The smallest absolute Gasteiger partial charge is 0.306 e. The van der Waals surface area contributed by atoms with Gasteiger partial charge in [0.1, 0.15) is 48.0 Å². The van der Waals surface area contributed by atoms with Crippen molar-refractivity contribution in [3.63, 3.8) is 0 Å². The maximum absolute atomic E-state index is 13.8. The van der Waals surface area contributed by atoms with Gasteiger partial charge in [0.25, 0.3) is 0 Å². The molecule has 1 saturated heterocycles. The number of hydrogen-bond donors (Lipinski definition) is 6. The van der Waals surface area contributed by atoms with Crippen LogP contribution in [0.2, 0.25) is 0 Å². The summed E-state index contributed by atoms with van der Waals surface area (Å²) >= 11 is 0.719. The van der Waals surface area contributed by atoms with Crippen LogP contribution >= 0.6 is 11.8 Å². The fourth-order valence-electron chi connectivity index (χ4n) is 7.79. The monoisotopic (exact) mass is 959 g/mol. The Morgan fingerprint density at radius 1 is 0.712 bits per heavy atom. The number of thioether (sulfide) groups is 1. The molecule has 9 atom stereocenters. The molecule has 0 spiro atoms. The van der Waals surface area contributed by atoms with Crippen LogP contribution in [0.15, 0.2) is 0 Å². The van der Waals surface area contributed by atoms with Gasteiger partial charge in [-0.05, 0) is 39.5 Å². The Morgan fingerprint density at radius 2 is 1.24 bits per heavy atom. The molecule has 1 fully saturated rings. The molecule has 7 N–H and O–H groups in total. The molecule has 1 aliphatic rings. The number of carbonyl (C=O) groups is 7. The van der Waals surface area contributed by atoms with Crippen LogP contribution in [-0.2, 0) is 52.5 Å². The second-order valence-corrected chi connectivity index (χ2v) is 18.9. The summed E-state index contributed by atoms with van der Waals surface area (Å²) in [6, 6.07) is -3.63. The molecule has 0 bridgehead atoms. The summed E-state index contributed by atoms with van der Waals surface area (Å²) in [4.78, 5) is 89.1. The highest BCUT2D eigenvalue weighted by molar-refractivity contribution is 8.14. The van der Waals surface area contributed by atoms with Gasteiger partial charge in [0, 0.05) is 19.8 Å². The van der Waals surface area contributed by atoms with Gasteiger partial charge in [-0.2, -0.15) is 0 Å². The average Bonchev–Trinajstić information content (AvgIpc) is 3.27. The number of methoxy groups -OCH3 is 1. The molecule has 17 nitrogen and oxygen atoms in total. The van der Waals surface area contributed by atoms with E-state index < -0.39 is 95.4 Å². The number of aliphatic hydroxyl groups excluding tert-OH is 2. The summed E-state index contributed by atoms with van der Waals surface area (Å²) < 4.78 is 22.5. The lowest BCUT2D eigenvalue weighted by Gasteiger charge is -2.44. The molecule has 0 aliphatic carbocycles. The van der Waals surface area contributed by atoms with E-state index in [0.29, 0.717) is 12.8 Å². The number of nitrogens with one attached hydrogen (secondary N) is 3. The summed E-state index contributed by atoms with van der Waals surface area (Å²) in [7, 11) is 1.18. The maximum atomic E-state index is 13.8. The van der Waals surface area contributed by atoms with E-state index in [-0.39, 0.29) is 31.7 Å². The van der Waals surface area contributed by atoms with Crippen LogP contribution in [0.4, 0.5) is 0 Å². The molecule has 0 aromatic heterocycles. The van der Waals surface area contributed by atoms with E-state index in [9.17, 15) is 43.8 Å². The van der Waals surface area contributed by atoms with Crippen molar-refractivity contribution in [2.45, 2.75) is 249 Å². The third-order valence-corrected chi connectivity index (χ3v) is 12.9. The zero-order valence-corrected chi connectivity index (χ0v) is 41.8. The van der Waals surface area contributed by atoms with Gasteiger partial charge in [0.2, 0.25) is 23.6 Å². The fourth-order valence-corrected chi connectivity index (χ4v) is 8.90. The van der Waals surface area contributed by atoms with Crippen LogP contribution < -0.4 is 21.7 Å². The van der Waals surface area contributed by atoms with Gasteiger partial charge >= 0.3 is 11.9 Å². The van der Waals surface area contributed by atoms with Crippen LogP contribution in [-0.4, -0.2) is 119 Å². The lowest BCUT2D eigenvalue weighted by atomic mass is 9.97. The Balaban J connectivity index is 3.01. The van der Waals surface area contributed by atoms with Gasteiger partial charge in [0.05, 0.1) is 26.2 Å². The molecular weight excluding hydrogens is 873 g/mol. The van der Waals surface area contributed by atoms with E-state index in [2.05, 4.69) is 34.5 Å². The number of rotatable bonds is 38. The lowest BCUT2D eigenvalue weighted by molar-refractivity contribution is -0.200. The van der Waals surface area contributed by atoms with E-state index in [1.165, 1.54) is 105 Å². The zero-order chi connectivity index (χ0) is 49.3. The first kappa shape index (κ1) is 60.7. The number of carbonyl (C=O) groups excluding carboxylic acids is 7. The average molecular weight is 959 g/mol. The first-order valence-electron chi connectivity index (χ1n) is 24.8. The van der Waals surface area contributed by atoms with Crippen molar-refractivity contribution in [2.24, 2.45) is 5.73 Å². The third kappa shape index (κ3) is 26.9. The van der Waals surface area contributed by atoms with E-state index >= 15 is 0 Å². The number of esters is 2. The van der Waals surface area contributed by atoms with Crippen molar-refractivity contribution in [3.8, 4) is 0 Å². The van der Waals surface area contributed by atoms with Gasteiger partial charge in [-0.3, -0.25) is 33.6 Å². The second-order valence-electron chi connectivity index (χ2n) is 17.7. The largest absolute Gasteiger partial charge is 0.469 e. The number of unbranched alkanes of at least 4 members (excludes halogenated alkanes) is 18. The third-order valence-electron chi connectivity index (χ3n) is 11.8. The molecule has 0 aromatic rings. The highest BCUT2D eigenvalue weighted by atomic mass is 32.2. The molecule has 0 unspecified atom stereocenters. The first-order valence-corrected chi connectivity index (χ1v) is 25.7. The SMILES string of the molecule is CCCCCCCCCCCCCC(=O)O[C@@H](CCCCCCCCCCC)CC(=O)S[C@@H]1O[C@H](CO)[C@@H](O)[C@H](O[C@H](C)C(=O)N[C@@H](C)C(=O)N[C@H](CCC(=O)OC)C(N)=O)[C@H]1NC(C)=O. The summed E-state index contributed by atoms with van der Waals surface area (Å²) in [6.07, 6.45) is 16.7. The van der Waals surface area contributed by atoms with Crippen LogP contribution in [0.5, 0.6) is 0 Å². The molecule has 0 saturated carbocycles. The quantitative estimate of drug-likeness (QED) is 0.0309. The number of hydrogen-bond acceptors (Lipinski definition) is 14. The Kier molecular flexibility index (Phi) is 33.7. The van der Waals surface area contributed by atoms with Crippen molar-refractivity contribution in [3.05, 3.63) is 0 Å². The number of ether oxygens (including phenoxy) is 4. The van der Waals surface area contributed by atoms with Gasteiger partial charge in [-0.25, -0.2) is 0 Å². The van der Waals surface area contributed by atoms with Crippen molar-refractivity contribution in [1.29, 1.82) is 0 Å². The first-order chi connectivity index (χ1) is 31.6. The molecule has 0 radical (unpaired) electrons. The van der Waals surface area contributed by atoms with E-state index in [1.54, 1.807) is 0 Å². The van der Waals surface area contributed by atoms with Crippen molar-refractivity contribution in [1.82, 2.24) is 16.0 Å². The van der Waals surface area contributed by atoms with Crippen molar-refractivity contribution >= 4 is 52.4 Å². The van der Waals surface area contributed by atoms with Crippen LogP contribution in [0.3, 0.4) is 0 Å². The van der Waals surface area contributed by atoms with E-state index in [4.69, 9.17) is 19.9 Å². The zero-order valence-electron chi connectivity index (χ0n) is 41.0.